The van der Waals surface area contributed by atoms with E-state index in [0.717, 1.165) is 36.9 Å². The van der Waals surface area contributed by atoms with E-state index in [1.54, 1.807) is 18.2 Å². The Morgan fingerprint density at radius 3 is 2.65 bits per heavy atom. The summed E-state index contributed by atoms with van der Waals surface area (Å²) in [5.74, 6) is 0.929. The van der Waals surface area contributed by atoms with Crippen molar-refractivity contribution in [2.45, 2.75) is 39.5 Å². The van der Waals surface area contributed by atoms with Crippen LogP contribution in [0.2, 0.25) is 0 Å². The number of phenolic OH excluding ortho intramolecular Hbond substituents is 1. The van der Waals surface area contributed by atoms with Crippen molar-refractivity contribution < 1.29 is 9.90 Å². The Kier molecular flexibility index (Phi) is 4.33. The minimum Gasteiger partial charge on any atom is -0.508 e. The Bertz CT molecular complexity index is 491. The van der Waals surface area contributed by atoms with Gasteiger partial charge in [0.2, 0.25) is 5.91 Å². The molecule has 0 heterocycles. The summed E-state index contributed by atoms with van der Waals surface area (Å²) in [5.41, 5.74) is 6.93. The van der Waals surface area contributed by atoms with Gasteiger partial charge in [-0.3, -0.25) is 4.79 Å². The lowest BCUT2D eigenvalue weighted by Gasteiger charge is -2.37. The molecular formula is C16H24N2O2. The lowest BCUT2D eigenvalue weighted by Crippen LogP contribution is -2.44. The zero-order valence-corrected chi connectivity index (χ0v) is 12.3. The first-order valence-corrected chi connectivity index (χ1v) is 7.28. The Balaban J connectivity index is 2.11. The van der Waals surface area contributed by atoms with Gasteiger partial charge in [0.25, 0.3) is 0 Å². The van der Waals surface area contributed by atoms with Crippen LogP contribution in [0.15, 0.2) is 18.2 Å². The van der Waals surface area contributed by atoms with Gasteiger partial charge in [0.15, 0.2) is 0 Å². The van der Waals surface area contributed by atoms with E-state index >= 15 is 0 Å². The molecule has 4 heteroatoms. The molecule has 0 bridgehead atoms. The number of aromatic hydroxyl groups is 1. The van der Waals surface area contributed by atoms with Gasteiger partial charge in [-0.1, -0.05) is 6.92 Å². The quantitative estimate of drug-likeness (QED) is 0.743. The number of carbonyl (C=O) groups excluding carboxylic acids is 1. The number of phenols is 1. The first-order chi connectivity index (χ1) is 9.47. The number of hydrogen-bond donors (Lipinski definition) is 3. The van der Waals surface area contributed by atoms with E-state index in [1.165, 1.54) is 0 Å². The molecule has 4 nitrogen and oxygen atoms in total. The summed E-state index contributed by atoms with van der Waals surface area (Å²) in [6.07, 6.45) is 3.82. The van der Waals surface area contributed by atoms with Crippen molar-refractivity contribution in [1.29, 1.82) is 0 Å². The van der Waals surface area contributed by atoms with E-state index in [0.29, 0.717) is 12.5 Å². The summed E-state index contributed by atoms with van der Waals surface area (Å²) >= 11 is 0. The highest BCUT2D eigenvalue weighted by molar-refractivity contribution is 5.95. The van der Waals surface area contributed by atoms with Crippen LogP contribution in [-0.2, 0) is 4.79 Å². The van der Waals surface area contributed by atoms with Gasteiger partial charge in [-0.15, -0.1) is 0 Å². The van der Waals surface area contributed by atoms with Crippen LogP contribution in [-0.4, -0.2) is 17.6 Å². The summed E-state index contributed by atoms with van der Waals surface area (Å²) in [6.45, 7) is 4.43. The minimum atomic E-state index is -0.432. The van der Waals surface area contributed by atoms with Crippen molar-refractivity contribution in [3.63, 3.8) is 0 Å². The average Bonchev–Trinajstić information content (AvgIpc) is 2.44. The molecule has 0 spiro atoms. The first-order valence-electron chi connectivity index (χ1n) is 7.28. The third-order valence-electron chi connectivity index (χ3n) is 4.56. The van der Waals surface area contributed by atoms with Gasteiger partial charge in [-0.2, -0.15) is 0 Å². The third-order valence-corrected chi connectivity index (χ3v) is 4.56. The van der Waals surface area contributed by atoms with Gasteiger partial charge in [0.1, 0.15) is 5.75 Å². The molecule has 110 valence electrons. The summed E-state index contributed by atoms with van der Waals surface area (Å²) in [4.78, 5) is 12.6. The highest BCUT2D eigenvalue weighted by Gasteiger charge is 2.39. The van der Waals surface area contributed by atoms with Crippen molar-refractivity contribution in [2.24, 2.45) is 17.1 Å². The van der Waals surface area contributed by atoms with E-state index in [-0.39, 0.29) is 11.7 Å². The van der Waals surface area contributed by atoms with Gasteiger partial charge < -0.3 is 16.2 Å². The molecule has 1 fully saturated rings. The molecule has 0 aromatic heterocycles. The molecule has 1 aromatic rings. The monoisotopic (exact) mass is 276 g/mol. The van der Waals surface area contributed by atoms with Crippen molar-refractivity contribution in [3.05, 3.63) is 23.8 Å². The van der Waals surface area contributed by atoms with Crippen molar-refractivity contribution >= 4 is 11.6 Å². The van der Waals surface area contributed by atoms with E-state index in [1.807, 2.05) is 6.92 Å². The normalized spacial score (nSPS) is 26.2. The molecule has 1 aliphatic carbocycles. The molecule has 20 heavy (non-hydrogen) atoms. The lowest BCUT2D eigenvalue weighted by atomic mass is 9.70. The maximum atomic E-state index is 12.6. The highest BCUT2D eigenvalue weighted by Crippen LogP contribution is 2.39. The number of anilines is 1. The van der Waals surface area contributed by atoms with E-state index < -0.39 is 5.41 Å². The van der Waals surface area contributed by atoms with E-state index in [4.69, 9.17) is 5.73 Å². The molecule has 2 rings (SSSR count). The van der Waals surface area contributed by atoms with Crippen LogP contribution in [0.25, 0.3) is 0 Å². The van der Waals surface area contributed by atoms with Crippen molar-refractivity contribution in [3.8, 4) is 5.75 Å². The average molecular weight is 276 g/mol. The van der Waals surface area contributed by atoms with Gasteiger partial charge >= 0.3 is 0 Å². The molecule has 0 atom stereocenters. The molecule has 0 aliphatic heterocycles. The van der Waals surface area contributed by atoms with Crippen LogP contribution in [0.5, 0.6) is 5.75 Å². The number of nitrogens with two attached hydrogens (primary N) is 1. The fourth-order valence-electron chi connectivity index (χ4n) is 2.84. The Morgan fingerprint density at radius 1 is 1.45 bits per heavy atom. The number of rotatable bonds is 3. The van der Waals surface area contributed by atoms with Crippen LogP contribution in [0, 0.1) is 18.3 Å². The standard InChI is InChI=1S/C16H24N2O2/c1-11-5-7-16(10-17,8-6-11)15(20)18-13-3-4-14(19)12(2)9-13/h3-4,9,11,19H,5-8,10,17H2,1-2H3,(H,18,20). The Hall–Kier alpha value is -1.55. The summed E-state index contributed by atoms with van der Waals surface area (Å²) in [5, 5.41) is 12.5. The number of nitrogens with one attached hydrogen (secondary N) is 1. The van der Waals surface area contributed by atoms with Crippen LogP contribution in [0.4, 0.5) is 5.69 Å². The molecule has 4 N–H and O–H groups in total. The SMILES string of the molecule is Cc1cc(NC(=O)C2(CN)CCC(C)CC2)ccc1O. The van der Waals surface area contributed by atoms with E-state index in [2.05, 4.69) is 12.2 Å². The maximum Gasteiger partial charge on any atom is 0.231 e. The van der Waals surface area contributed by atoms with Gasteiger partial charge in [-0.05, 0) is 62.3 Å². The Morgan fingerprint density at radius 2 is 2.10 bits per heavy atom. The number of hydrogen-bond acceptors (Lipinski definition) is 3. The molecular weight excluding hydrogens is 252 g/mol. The lowest BCUT2D eigenvalue weighted by molar-refractivity contribution is -0.127. The second kappa shape index (κ2) is 5.83. The van der Waals surface area contributed by atoms with Crippen LogP contribution in [0.3, 0.4) is 0 Å². The predicted molar refractivity (Wildman–Crippen MR) is 80.6 cm³/mol. The smallest absolute Gasteiger partial charge is 0.231 e. The molecule has 0 saturated heterocycles. The zero-order chi connectivity index (χ0) is 14.8. The Labute approximate surface area is 120 Å². The number of benzene rings is 1. The number of amides is 1. The predicted octanol–water partition coefficient (Wildman–Crippen LogP) is 2.79. The topological polar surface area (TPSA) is 75.4 Å². The summed E-state index contributed by atoms with van der Waals surface area (Å²) in [6, 6.07) is 5.10. The van der Waals surface area contributed by atoms with Crippen LogP contribution in [0.1, 0.15) is 38.2 Å². The molecule has 0 unspecified atom stereocenters. The van der Waals surface area contributed by atoms with E-state index in [9.17, 15) is 9.90 Å². The summed E-state index contributed by atoms with van der Waals surface area (Å²) in [7, 11) is 0. The number of aryl methyl sites for hydroxylation is 1. The van der Waals surface area contributed by atoms with Crippen molar-refractivity contribution in [1.82, 2.24) is 0 Å². The third kappa shape index (κ3) is 2.96. The maximum absolute atomic E-state index is 12.6. The zero-order valence-electron chi connectivity index (χ0n) is 12.3. The summed E-state index contributed by atoms with van der Waals surface area (Å²) < 4.78 is 0. The molecule has 1 saturated carbocycles. The van der Waals surface area contributed by atoms with Crippen LogP contribution < -0.4 is 11.1 Å². The molecule has 1 aliphatic rings. The second-order valence-electron chi connectivity index (χ2n) is 6.12. The molecule has 1 aromatic carbocycles. The van der Waals surface area contributed by atoms with Crippen LogP contribution >= 0.6 is 0 Å². The van der Waals surface area contributed by atoms with Gasteiger partial charge in [-0.25, -0.2) is 0 Å². The van der Waals surface area contributed by atoms with Gasteiger partial charge in [0.05, 0.1) is 5.41 Å². The fraction of sp³-hybridized carbons (Fsp3) is 0.562. The second-order valence-corrected chi connectivity index (χ2v) is 6.12. The van der Waals surface area contributed by atoms with Crippen molar-refractivity contribution in [2.75, 3.05) is 11.9 Å². The fourth-order valence-corrected chi connectivity index (χ4v) is 2.84. The number of carbonyl (C=O) groups is 1. The largest absolute Gasteiger partial charge is 0.508 e. The minimum absolute atomic E-state index is 0.0111. The molecule has 1 amide bonds. The highest BCUT2D eigenvalue weighted by atomic mass is 16.3. The first kappa shape index (κ1) is 14.9. The van der Waals surface area contributed by atoms with Gasteiger partial charge in [0, 0.05) is 12.2 Å². The molecule has 0 radical (unpaired) electrons.